The number of fused-ring (bicyclic) bond motifs is 10. The number of hydrogen-bond acceptors (Lipinski definition) is 4. The fourth-order valence-electron chi connectivity index (χ4n) is 6.54. The molecule has 4 heterocycles. The lowest BCUT2D eigenvalue weighted by Gasteiger charge is -2.11. The third-order valence-electron chi connectivity index (χ3n) is 8.38. The van der Waals surface area contributed by atoms with Crippen molar-refractivity contribution in [3.05, 3.63) is 126 Å². The zero-order valence-corrected chi connectivity index (χ0v) is 22.6. The van der Waals surface area contributed by atoms with Crippen molar-refractivity contribution in [2.45, 2.75) is 0 Å². The zero-order valence-electron chi connectivity index (χ0n) is 22.6. The van der Waals surface area contributed by atoms with Gasteiger partial charge in [0.15, 0.2) is 5.58 Å². The topological polar surface area (TPSA) is 83.5 Å². The van der Waals surface area contributed by atoms with E-state index in [1.165, 1.54) is 0 Å². The number of aromatic nitrogens is 3. The third kappa shape index (κ3) is 3.18. The van der Waals surface area contributed by atoms with Crippen molar-refractivity contribution in [3.63, 3.8) is 0 Å². The minimum atomic E-state index is 0.597. The number of nitriles is 2. The Bertz CT molecular complexity index is 2710. The van der Waals surface area contributed by atoms with Crippen LogP contribution >= 0.6 is 0 Å². The summed E-state index contributed by atoms with van der Waals surface area (Å²) in [6.45, 7) is 0. The van der Waals surface area contributed by atoms with Crippen molar-refractivity contribution in [2.24, 2.45) is 0 Å². The molecule has 0 aliphatic heterocycles. The minimum Gasteiger partial charge on any atom is -0.454 e. The van der Waals surface area contributed by atoms with Crippen molar-refractivity contribution >= 4 is 65.6 Å². The van der Waals surface area contributed by atoms with Crippen LogP contribution in [0.2, 0.25) is 0 Å². The molecule has 6 nitrogen and oxygen atoms in total. The summed E-state index contributed by atoms with van der Waals surface area (Å²) in [6.07, 6.45) is 0. The van der Waals surface area contributed by atoms with Crippen LogP contribution in [0.1, 0.15) is 11.1 Å². The standard InChI is InChI=1S/C37H19N5O/c38-20-22-12-16-31-28(18-22)24-6-1-3-8-30(24)41(31)34-10-5-11-35(40-34)42-32-17-13-23(21-39)19-29(32)26-14-15-27-25-7-2-4-9-33(25)43-37(27)36(26)42/h1-19H. The van der Waals surface area contributed by atoms with Crippen molar-refractivity contribution in [2.75, 3.05) is 0 Å². The lowest BCUT2D eigenvalue weighted by molar-refractivity contribution is 0.671. The first kappa shape index (κ1) is 23.3. The quantitative estimate of drug-likeness (QED) is 0.215. The molecule has 0 spiro atoms. The molecule has 0 unspecified atom stereocenters. The van der Waals surface area contributed by atoms with E-state index in [1.54, 1.807) is 0 Å². The summed E-state index contributed by atoms with van der Waals surface area (Å²) >= 11 is 0. The van der Waals surface area contributed by atoms with Crippen LogP contribution in [0.5, 0.6) is 0 Å². The maximum absolute atomic E-state index is 9.70. The average Bonchev–Trinajstić information content (AvgIpc) is 3.72. The number of hydrogen-bond donors (Lipinski definition) is 0. The molecule has 198 valence electrons. The summed E-state index contributed by atoms with van der Waals surface area (Å²) in [6, 6.07) is 42.6. The monoisotopic (exact) mass is 549 g/mol. The summed E-state index contributed by atoms with van der Waals surface area (Å²) < 4.78 is 10.8. The van der Waals surface area contributed by atoms with E-state index in [0.29, 0.717) is 11.1 Å². The summed E-state index contributed by atoms with van der Waals surface area (Å²) in [5.41, 5.74) is 6.65. The first-order valence-corrected chi connectivity index (χ1v) is 13.9. The van der Waals surface area contributed by atoms with Gasteiger partial charge in [-0.1, -0.05) is 48.5 Å². The van der Waals surface area contributed by atoms with Crippen molar-refractivity contribution in [1.82, 2.24) is 14.1 Å². The minimum absolute atomic E-state index is 0.597. The zero-order chi connectivity index (χ0) is 28.7. The SMILES string of the molecule is N#Cc1ccc2c(c1)c1ccccc1n2-c1cccc(-n2c3ccc(C#N)cc3c3ccc4c5ccccc5oc4c32)n1. The van der Waals surface area contributed by atoms with Gasteiger partial charge in [0.05, 0.1) is 45.3 Å². The van der Waals surface area contributed by atoms with Crippen LogP contribution in [-0.4, -0.2) is 14.1 Å². The number of furan rings is 1. The van der Waals surface area contributed by atoms with Gasteiger partial charge in [0, 0.05) is 32.3 Å². The van der Waals surface area contributed by atoms with E-state index in [0.717, 1.165) is 77.2 Å². The van der Waals surface area contributed by atoms with E-state index >= 15 is 0 Å². The van der Waals surface area contributed by atoms with Gasteiger partial charge in [-0.15, -0.1) is 0 Å². The van der Waals surface area contributed by atoms with Crippen LogP contribution < -0.4 is 0 Å². The number of pyridine rings is 1. The van der Waals surface area contributed by atoms with E-state index in [2.05, 4.69) is 51.6 Å². The molecule has 0 saturated heterocycles. The van der Waals surface area contributed by atoms with Gasteiger partial charge in [-0.2, -0.15) is 10.5 Å². The van der Waals surface area contributed by atoms with Crippen LogP contribution in [0.4, 0.5) is 0 Å². The molecule has 0 aliphatic rings. The maximum Gasteiger partial charge on any atom is 0.160 e. The number of para-hydroxylation sites is 2. The van der Waals surface area contributed by atoms with E-state index < -0.39 is 0 Å². The van der Waals surface area contributed by atoms with E-state index in [1.807, 2.05) is 84.9 Å². The predicted octanol–water partition coefficient (Wildman–Crippen LogP) is 8.92. The van der Waals surface area contributed by atoms with Crippen LogP contribution in [0.15, 0.2) is 120 Å². The van der Waals surface area contributed by atoms with Gasteiger partial charge >= 0.3 is 0 Å². The predicted molar refractivity (Wildman–Crippen MR) is 170 cm³/mol. The summed E-state index contributed by atoms with van der Waals surface area (Å²) in [5, 5.41) is 25.4. The molecule has 0 fully saturated rings. The van der Waals surface area contributed by atoms with Gasteiger partial charge < -0.3 is 4.42 Å². The highest BCUT2D eigenvalue weighted by Crippen LogP contribution is 2.40. The summed E-state index contributed by atoms with van der Waals surface area (Å²) in [5.74, 6) is 1.49. The average molecular weight is 550 g/mol. The molecule has 0 radical (unpaired) electrons. The first-order valence-electron chi connectivity index (χ1n) is 13.9. The van der Waals surface area contributed by atoms with Crippen molar-refractivity contribution in [3.8, 4) is 23.8 Å². The van der Waals surface area contributed by atoms with Gasteiger partial charge in [0.25, 0.3) is 0 Å². The molecular formula is C37H19N5O. The molecule has 0 atom stereocenters. The fraction of sp³-hybridized carbons (Fsp3) is 0. The molecule has 0 aliphatic carbocycles. The Labute approximate surface area is 244 Å². The maximum atomic E-state index is 9.70. The van der Waals surface area contributed by atoms with Gasteiger partial charge in [0.1, 0.15) is 17.2 Å². The summed E-state index contributed by atoms with van der Waals surface area (Å²) in [4.78, 5) is 5.26. The second-order valence-electron chi connectivity index (χ2n) is 10.7. The molecule has 9 rings (SSSR count). The van der Waals surface area contributed by atoms with Gasteiger partial charge in [0.2, 0.25) is 0 Å². The normalized spacial score (nSPS) is 11.7. The highest BCUT2D eigenvalue weighted by Gasteiger charge is 2.21. The molecule has 43 heavy (non-hydrogen) atoms. The molecule has 0 bridgehead atoms. The summed E-state index contributed by atoms with van der Waals surface area (Å²) in [7, 11) is 0. The Morgan fingerprint density at radius 1 is 0.512 bits per heavy atom. The number of nitrogens with zero attached hydrogens (tertiary/aromatic N) is 5. The Morgan fingerprint density at radius 3 is 1.88 bits per heavy atom. The lowest BCUT2D eigenvalue weighted by atomic mass is 10.1. The molecule has 5 aromatic carbocycles. The Kier molecular flexibility index (Phi) is 4.65. The molecular weight excluding hydrogens is 530 g/mol. The van der Waals surface area contributed by atoms with Gasteiger partial charge in [-0.3, -0.25) is 9.13 Å². The van der Waals surface area contributed by atoms with Crippen LogP contribution in [-0.2, 0) is 0 Å². The molecule has 9 aromatic rings. The van der Waals surface area contributed by atoms with Gasteiger partial charge in [-0.25, -0.2) is 4.98 Å². The second kappa shape index (κ2) is 8.57. The van der Waals surface area contributed by atoms with Crippen LogP contribution in [0, 0.1) is 22.7 Å². The Hall–Kier alpha value is -6.37. The molecule has 0 saturated carbocycles. The van der Waals surface area contributed by atoms with Crippen LogP contribution in [0.3, 0.4) is 0 Å². The Balaban J connectivity index is 1.39. The van der Waals surface area contributed by atoms with E-state index in [9.17, 15) is 10.5 Å². The van der Waals surface area contributed by atoms with Gasteiger partial charge in [-0.05, 0) is 66.7 Å². The largest absolute Gasteiger partial charge is 0.454 e. The fourth-order valence-corrected chi connectivity index (χ4v) is 6.54. The van der Waals surface area contributed by atoms with Crippen molar-refractivity contribution < 1.29 is 4.42 Å². The van der Waals surface area contributed by atoms with Crippen LogP contribution in [0.25, 0.3) is 77.2 Å². The molecule has 6 heteroatoms. The smallest absolute Gasteiger partial charge is 0.160 e. The Morgan fingerprint density at radius 2 is 1.12 bits per heavy atom. The highest BCUT2D eigenvalue weighted by molar-refractivity contribution is 6.21. The lowest BCUT2D eigenvalue weighted by Crippen LogP contribution is -2.03. The van der Waals surface area contributed by atoms with E-state index in [-0.39, 0.29) is 0 Å². The molecule has 4 aromatic heterocycles. The van der Waals surface area contributed by atoms with Crippen molar-refractivity contribution in [1.29, 1.82) is 10.5 Å². The second-order valence-corrected chi connectivity index (χ2v) is 10.7. The number of rotatable bonds is 2. The first-order chi connectivity index (χ1) is 21.2. The highest BCUT2D eigenvalue weighted by atomic mass is 16.3. The molecule has 0 N–H and O–H groups in total. The molecule has 0 amide bonds. The van der Waals surface area contributed by atoms with E-state index in [4.69, 9.17) is 9.40 Å². The third-order valence-corrected chi connectivity index (χ3v) is 8.38. The number of benzene rings is 5.